The maximum absolute atomic E-state index is 12.2. The molecule has 1 unspecified atom stereocenters. The van der Waals surface area contributed by atoms with E-state index in [1.165, 1.54) is 0 Å². The van der Waals surface area contributed by atoms with Crippen molar-refractivity contribution in [3.05, 3.63) is 30.6 Å². The minimum absolute atomic E-state index is 0.00250. The van der Waals surface area contributed by atoms with Crippen molar-refractivity contribution in [2.45, 2.75) is 39.3 Å². The number of hydrogen-bond acceptors (Lipinski definition) is 3. The highest BCUT2D eigenvalue weighted by atomic mass is 16.5. The minimum Gasteiger partial charge on any atom is -0.379 e. The van der Waals surface area contributed by atoms with Crippen LogP contribution in [0.4, 0.5) is 0 Å². The van der Waals surface area contributed by atoms with E-state index < -0.39 is 0 Å². The van der Waals surface area contributed by atoms with E-state index in [0.717, 1.165) is 17.5 Å². The van der Waals surface area contributed by atoms with Gasteiger partial charge in [0.2, 0.25) is 5.91 Å². The van der Waals surface area contributed by atoms with Crippen molar-refractivity contribution in [2.75, 3.05) is 13.2 Å². The van der Waals surface area contributed by atoms with Crippen LogP contribution in [0, 0.1) is 0 Å². The van der Waals surface area contributed by atoms with Gasteiger partial charge in [-0.1, -0.05) is 12.1 Å². The van der Waals surface area contributed by atoms with E-state index in [2.05, 4.69) is 10.3 Å². The van der Waals surface area contributed by atoms with Crippen LogP contribution in [0.25, 0.3) is 11.0 Å². The standard InChI is InChI=1S/C16H23N3O2/c1-12(2)21-10-6-9-17-16(20)13(3)19-11-18-14-7-4-5-8-15(14)19/h4-5,7-8,11-13H,6,9-10H2,1-3H3,(H,17,20). The predicted molar refractivity (Wildman–Crippen MR) is 83.2 cm³/mol. The topological polar surface area (TPSA) is 56.1 Å². The van der Waals surface area contributed by atoms with E-state index in [4.69, 9.17) is 4.74 Å². The highest BCUT2D eigenvalue weighted by Crippen LogP contribution is 2.17. The molecule has 0 aliphatic heterocycles. The van der Waals surface area contributed by atoms with Crippen LogP contribution in [0.3, 0.4) is 0 Å². The van der Waals surface area contributed by atoms with Crippen LogP contribution in [-0.4, -0.2) is 34.7 Å². The van der Waals surface area contributed by atoms with Gasteiger partial charge in [-0.3, -0.25) is 4.79 Å². The van der Waals surface area contributed by atoms with Gasteiger partial charge in [0.15, 0.2) is 0 Å². The van der Waals surface area contributed by atoms with Gasteiger partial charge in [-0.2, -0.15) is 0 Å². The van der Waals surface area contributed by atoms with Crippen LogP contribution in [-0.2, 0) is 9.53 Å². The number of para-hydroxylation sites is 2. The monoisotopic (exact) mass is 289 g/mol. The van der Waals surface area contributed by atoms with Crippen LogP contribution < -0.4 is 5.32 Å². The molecular formula is C16H23N3O2. The molecule has 0 fully saturated rings. The van der Waals surface area contributed by atoms with Gasteiger partial charge in [0.25, 0.3) is 0 Å². The first-order valence-electron chi connectivity index (χ1n) is 7.40. The molecule has 0 spiro atoms. The van der Waals surface area contributed by atoms with Crippen molar-refractivity contribution in [1.29, 1.82) is 0 Å². The molecule has 0 bridgehead atoms. The summed E-state index contributed by atoms with van der Waals surface area (Å²) in [6.07, 6.45) is 2.77. The summed E-state index contributed by atoms with van der Waals surface area (Å²) in [5.74, 6) is 0.00250. The first-order chi connectivity index (χ1) is 10.1. The smallest absolute Gasteiger partial charge is 0.242 e. The second kappa shape index (κ2) is 7.22. The third-order valence-electron chi connectivity index (χ3n) is 3.35. The Morgan fingerprint density at radius 1 is 1.33 bits per heavy atom. The molecule has 5 heteroatoms. The minimum atomic E-state index is -0.275. The molecule has 2 aromatic rings. The fourth-order valence-electron chi connectivity index (χ4n) is 2.16. The molecule has 2 rings (SSSR count). The summed E-state index contributed by atoms with van der Waals surface area (Å²) in [7, 11) is 0. The number of fused-ring (bicyclic) bond motifs is 1. The summed E-state index contributed by atoms with van der Waals surface area (Å²) < 4.78 is 7.35. The second-order valence-corrected chi connectivity index (χ2v) is 5.38. The lowest BCUT2D eigenvalue weighted by molar-refractivity contribution is -0.123. The molecule has 0 saturated carbocycles. The number of benzene rings is 1. The van der Waals surface area contributed by atoms with E-state index in [-0.39, 0.29) is 18.1 Å². The van der Waals surface area contributed by atoms with Crippen molar-refractivity contribution in [3.8, 4) is 0 Å². The molecule has 0 saturated heterocycles. The van der Waals surface area contributed by atoms with Gasteiger partial charge in [0.1, 0.15) is 6.04 Å². The third kappa shape index (κ3) is 4.04. The lowest BCUT2D eigenvalue weighted by atomic mass is 10.2. The lowest BCUT2D eigenvalue weighted by Crippen LogP contribution is -2.32. The van der Waals surface area contributed by atoms with Crippen molar-refractivity contribution in [2.24, 2.45) is 0 Å². The number of aromatic nitrogens is 2. The van der Waals surface area contributed by atoms with Gasteiger partial charge in [0.05, 0.1) is 23.5 Å². The average Bonchev–Trinajstić information content (AvgIpc) is 2.89. The molecule has 114 valence electrons. The second-order valence-electron chi connectivity index (χ2n) is 5.38. The summed E-state index contributed by atoms with van der Waals surface area (Å²) in [6, 6.07) is 7.54. The Balaban J connectivity index is 1.88. The number of nitrogens with zero attached hydrogens (tertiary/aromatic N) is 2. The number of amides is 1. The van der Waals surface area contributed by atoms with E-state index in [1.807, 2.05) is 49.6 Å². The summed E-state index contributed by atoms with van der Waals surface area (Å²) in [5, 5.41) is 2.94. The van der Waals surface area contributed by atoms with Crippen molar-refractivity contribution >= 4 is 16.9 Å². The zero-order chi connectivity index (χ0) is 15.2. The quantitative estimate of drug-likeness (QED) is 0.797. The maximum atomic E-state index is 12.2. The van der Waals surface area contributed by atoms with Gasteiger partial charge in [-0.15, -0.1) is 0 Å². The van der Waals surface area contributed by atoms with Gasteiger partial charge in [0, 0.05) is 13.2 Å². The van der Waals surface area contributed by atoms with Gasteiger partial charge < -0.3 is 14.6 Å². The van der Waals surface area contributed by atoms with E-state index in [9.17, 15) is 4.79 Å². The fourth-order valence-corrected chi connectivity index (χ4v) is 2.16. The lowest BCUT2D eigenvalue weighted by Gasteiger charge is -2.15. The Bertz CT molecular complexity index is 592. The Labute approximate surface area is 125 Å². The number of ether oxygens (including phenoxy) is 1. The van der Waals surface area contributed by atoms with Crippen molar-refractivity contribution < 1.29 is 9.53 Å². The molecule has 0 aliphatic carbocycles. The summed E-state index contributed by atoms with van der Waals surface area (Å²) in [4.78, 5) is 16.5. The molecule has 1 N–H and O–H groups in total. The molecule has 0 radical (unpaired) electrons. The number of carbonyl (C=O) groups is 1. The van der Waals surface area contributed by atoms with Crippen LogP contribution in [0.15, 0.2) is 30.6 Å². The summed E-state index contributed by atoms with van der Waals surface area (Å²) in [6.45, 7) is 7.19. The Hall–Kier alpha value is -1.88. The molecule has 1 aromatic heterocycles. The van der Waals surface area contributed by atoms with E-state index in [1.54, 1.807) is 6.33 Å². The zero-order valence-corrected chi connectivity index (χ0v) is 12.9. The number of carbonyl (C=O) groups excluding carboxylic acids is 1. The average molecular weight is 289 g/mol. The molecule has 0 aliphatic rings. The molecule has 1 heterocycles. The first-order valence-corrected chi connectivity index (χ1v) is 7.40. The molecule has 5 nitrogen and oxygen atoms in total. The molecule has 21 heavy (non-hydrogen) atoms. The molecule has 1 aromatic carbocycles. The van der Waals surface area contributed by atoms with Crippen LogP contribution in [0.2, 0.25) is 0 Å². The highest BCUT2D eigenvalue weighted by Gasteiger charge is 2.16. The van der Waals surface area contributed by atoms with E-state index in [0.29, 0.717) is 13.2 Å². The predicted octanol–water partition coefficient (Wildman–Crippen LogP) is 2.53. The maximum Gasteiger partial charge on any atom is 0.242 e. The third-order valence-corrected chi connectivity index (χ3v) is 3.35. The van der Waals surface area contributed by atoms with Gasteiger partial charge in [-0.05, 0) is 39.3 Å². The van der Waals surface area contributed by atoms with Crippen molar-refractivity contribution in [3.63, 3.8) is 0 Å². The fraction of sp³-hybridized carbons (Fsp3) is 0.500. The van der Waals surface area contributed by atoms with Gasteiger partial charge in [-0.25, -0.2) is 4.98 Å². The van der Waals surface area contributed by atoms with Crippen LogP contribution >= 0.6 is 0 Å². The van der Waals surface area contributed by atoms with Crippen molar-refractivity contribution in [1.82, 2.24) is 14.9 Å². The highest BCUT2D eigenvalue weighted by molar-refractivity contribution is 5.83. The summed E-state index contributed by atoms with van der Waals surface area (Å²) in [5.41, 5.74) is 1.88. The molecule has 1 amide bonds. The zero-order valence-electron chi connectivity index (χ0n) is 12.9. The summed E-state index contributed by atoms with van der Waals surface area (Å²) >= 11 is 0. The number of rotatable bonds is 7. The molecular weight excluding hydrogens is 266 g/mol. The van der Waals surface area contributed by atoms with Crippen LogP contribution in [0.5, 0.6) is 0 Å². The first kappa shape index (κ1) is 15.5. The Morgan fingerprint density at radius 3 is 2.86 bits per heavy atom. The van der Waals surface area contributed by atoms with Gasteiger partial charge >= 0.3 is 0 Å². The Morgan fingerprint density at radius 2 is 2.10 bits per heavy atom. The Kier molecular flexibility index (Phi) is 5.33. The van der Waals surface area contributed by atoms with Crippen LogP contribution in [0.1, 0.15) is 33.2 Å². The number of nitrogens with one attached hydrogen (secondary N) is 1. The number of hydrogen-bond donors (Lipinski definition) is 1. The number of imidazole rings is 1. The normalized spacial score (nSPS) is 12.8. The SMILES string of the molecule is CC(C)OCCCNC(=O)C(C)n1cnc2ccccc21. The molecule has 1 atom stereocenters. The largest absolute Gasteiger partial charge is 0.379 e. The van der Waals surface area contributed by atoms with E-state index >= 15 is 0 Å².